The van der Waals surface area contributed by atoms with Crippen LogP contribution in [0.4, 0.5) is 0 Å². The molecule has 0 aromatic carbocycles. The SMILES string of the molecule is C=CCCC(=O)OC(C)(C)C1CCNCC1. The number of carbonyl (C=O) groups excluding carboxylic acids is 1. The van der Waals surface area contributed by atoms with E-state index in [-0.39, 0.29) is 11.6 Å². The van der Waals surface area contributed by atoms with Crippen LogP contribution in [0.3, 0.4) is 0 Å². The molecular weight excluding hydrogens is 202 g/mol. The summed E-state index contributed by atoms with van der Waals surface area (Å²) < 4.78 is 5.56. The van der Waals surface area contributed by atoms with Gasteiger partial charge in [-0.1, -0.05) is 6.08 Å². The smallest absolute Gasteiger partial charge is 0.306 e. The van der Waals surface area contributed by atoms with Crippen LogP contribution in [0, 0.1) is 5.92 Å². The first-order valence-corrected chi connectivity index (χ1v) is 6.09. The number of piperidine rings is 1. The van der Waals surface area contributed by atoms with Crippen LogP contribution in [-0.4, -0.2) is 24.7 Å². The van der Waals surface area contributed by atoms with Gasteiger partial charge in [0.05, 0.1) is 0 Å². The van der Waals surface area contributed by atoms with E-state index < -0.39 is 0 Å². The summed E-state index contributed by atoms with van der Waals surface area (Å²) in [6, 6.07) is 0. The largest absolute Gasteiger partial charge is 0.459 e. The predicted molar refractivity (Wildman–Crippen MR) is 65.2 cm³/mol. The molecule has 1 N–H and O–H groups in total. The fraction of sp³-hybridized carbons (Fsp3) is 0.769. The monoisotopic (exact) mass is 225 g/mol. The molecule has 0 aromatic rings. The van der Waals surface area contributed by atoms with Crippen molar-refractivity contribution >= 4 is 5.97 Å². The maximum atomic E-state index is 11.6. The van der Waals surface area contributed by atoms with Crippen LogP contribution in [0.25, 0.3) is 0 Å². The molecule has 1 saturated heterocycles. The summed E-state index contributed by atoms with van der Waals surface area (Å²) in [7, 11) is 0. The van der Waals surface area contributed by atoms with Gasteiger partial charge in [0.2, 0.25) is 0 Å². The first kappa shape index (κ1) is 13.2. The van der Waals surface area contributed by atoms with Crippen LogP contribution in [0.15, 0.2) is 12.7 Å². The van der Waals surface area contributed by atoms with E-state index >= 15 is 0 Å². The summed E-state index contributed by atoms with van der Waals surface area (Å²) in [6.07, 6.45) is 5.06. The molecule has 1 heterocycles. The van der Waals surface area contributed by atoms with Gasteiger partial charge in [-0.05, 0) is 46.2 Å². The molecule has 16 heavy (non-hydrogen) atoms. The maximum Gasteiger partial charge on any atom is 0.306 e. The maximum absolute atomic E-state index is 11.6. The number of allylic oxidation sites excluding steroid dienone is 1. The summed E-state index contributed by atoms with van der Waals surface area (Å²) in [5.74, 6) is 0.366. The minimum Gasteiger partial charge on any atom is -0.459 e. The molecule has 0 unspecified atom stereocenters. The molecule has 1 rings (SSSR count). The van der Waals surface area contributed by atoms with Crippen LogP contribution >= 0.6 is 0 Å². The van der Waals surface area contributed by atoms with Crippen LogP contribution in [0.5, 0.6) is 0 Å². The fourth-order valence-corrected chi connectivity index (χ4v) is 2.16. The van der Waals surface area contributed by atoms with Crippen molar-refractivity contribution in [1.82, 2.24) is 5.32 Å². The Morgan fingerprint density at radius 2 is 2.12 bits per heavy atom. The highest BCUT2D eigenvalue weighted by Gasteiger charge is 2.33. The Hall–Kier alpha value is -0.830. The lowest BCUT2D eigenvalue weighted by molar-refractivity contribution is -0.162. The molecule has 0 spiro atoms. The van der Waals surface area contributed by atoms with Crippen molar-refractivity contribution in [3.63, 3.8) is 0 Å². The number of hydrogen-bond acceptors (Lipinski definition) is 3. The lowest BCUT2D eigenvalue weighted by Gasteiger charge is -2.36. The summed E-state index contributed by atoms with van der Waals surface area (Å²) in [6.45, 7) is 9.70. The van der Waals surface area contributed by atoms with Gasteiger partial charge in [0.25, 0.3) is 0 Å². The lowest BCUT2D eigenvalue weighted by atomic mass is 9.83. The number of esters is 1. The zero-order valence-corrected chi connectivity index (χ0v) is 10.4. The van der Waals surface area contributed by atoms with Crippen molar-refractivity contribution in [1.29, 1.82) is 0 Å². The van der Waals surface area contributed by atoms with Crippen LogP contribution in [0.2, 0.25) is 0 Å². The molecule has 1 fully saturated rings. The van der Waals surface area contributed by atoms with Gasteiger partial charge in [-0.15, -0.1) is 6.58 Å². The topological polar surface area (TPSA) is 38.3 Å². The first-order chi connectivity index (χ1) is 7.56. The Morgan fingerprint density at radius 3 is 2.69 bits per heavy atom. The third kappa shape index (κ3) is 3.97. The molecule has 1 aliphatic heterocycles. The van der Waals surface area contributed by atoms with E-state index in [1.54, 1.807) is 6.08 Å². The highest BCUT2D eigenvalue weighted by atomic mass is 16.6. The number of nitrogens with one attached hydrogen (secondary N) is 1. The summed E-state index contributed by atoms with van der Waals surface area (Å²) in [4.78, 5) is 11.6. The quantitative estimate of drug-likeness (QED) is 0.576. The lowest BCUT2D eigenvalue weighted by Crippen LogP contribution is -2.42. The Morgan fingerprint density at radius 1 is 1.50 bits per heavy atom. The van der Waals surface area contributed by atoms with Crippen LogP contribution in [-0.2, 0) is 9.53 Å². The van der Waals surface area contributed by atoms with Crippen molar-refractivity contribution in [2.45, 2.75) is 45.1 Å². The van der Waals surface area contributed by atoms with Crippen LogP contribution in [0.1, 0.15) is 39.5 Å². The van der Waals surface area contributed by atoms with Gasteiger partial charge >= 0.3 is 5.97 Å². The molecular formula is C13H23NO2. The molecule has 0 aliphatic carbocycles. The zero-order valence-electron chi connectivity index (χ0n) is 10.4. The molecule has 0 atom stereocenters. The van der Waals surface area contributed by atoms with Crippen molar-refractivity contribution < 1.29 is 9.53 Å². The second-order valence-corrected chi connectivity index (χ2v) is 4.93. The molecule has 0 aromatic heterocycles. The van der Waals surface area contributed by atoms with Gasteiger partial charge in [-0.2, -0.15) is 0 Å². The number of rotatable bonds is 5. The van der Waals surface area contributed by atoms with E-state index in [9.17, 15) is 4.79 Å². The standard InChI is InChI=1S/C13H23NO2/c1-4-5-6-12(15)16-13(2,3)11-7-9-14-10-8-11/h4,11,14H,1,5-10H2,2-3H3. The molecule has 0 bridgehead atoms. The number of carbonyl (C=O) groups is 1. The number of hydrogen-bond donors (Lipinski definition) is 1. The fourth-order valence-electron chi connectivity index (χ4n) is 2.16. The Balaban J connectivity index is 2.42. The molecule has 0 amide bonds. The van der Waals surface area contributed by atoms with Gasteiger partial charge in [0.1, 0.15) is 5.60 Å². The minimum absolute atomic E-state index is 0.108. The average molecular weight is 225 g/mol. The van der Waals surface area contributed by atoms with E-state index in [4.69, 9.17) is 4.74 Å². The second kappa shape index (κ2) is 6.04. The van der Waals surface area contributed by atoms with Gasteiger partial charge in [-0.3, -0.25) is 4.79 Å². The van der Waals surface area contributed by atoms with Gasteiger partial charge in [0.15, 0.2) is 0 Å². The van der Waals surface area contributed by atoms with Crippen molar-refractivity contribution in [3.05, 3.63) is 12.7 Å². The Kier molecular flexibility index (Phi) is 5.00. The van der Waals surface area contributed by atoms with Gasteiger partial charge in [-0.25, -0.2) is 0 Å². The van der Waals surface area contributed by atoms with E-state index in [1.165, 1.54) is 0 Å². The third-order valence-electron chi connectivity index (χ3n) is 3.25. The highest BCUT2D eigenvalue weighted by Crippen LogP contribution is 2.29. The van der Waals surface area contributed by atoms with E-state index in [0.29, 0.717) is 18.8 Å². The van der Waals surface area contributed by atoms with Crippen molar-refractivity contribution in [2.24, 2.45) is 5.92 Å². The molecule has 3 nitrogen and oxygen atoms in total. The summed E-state index contributed by atoms with van der Waals surface area (Å²) in [5.41, 5.74) is -0.333. The Labute approximate surface area is 98.2 Å². The van der Waals surface area contributed by atoms with Crippen LogP contribution < -0.4 is 5.32 Å². The molecule has 1 aliphatic rings. The van der Waals surface area contributed by atoms with E-state index in [0.717, 1.165) is 25.9 Å². The summed E-state index contributed by atoms with van der Waals surface area (Å²) in [5, 5.41) is 3.32. The average Bonchev–Trinajstić information content (AvgIpc) is 2.27. The highest BCUT2D eigenvalue weighted by molar-refractivity contribution is 5.70. The summed E-state index contributed by atoms with van der Waals surface area (Å²) >= 11 is 0. The van der Waals surface area contributed by atoms with E-state index in [2.05, 4.69) is 11.9 Å². The van der Waals surface area contributed by atoms with E-state index in [1.807, 2.05) is 13.8 Å². The Bertz CT molecular complexity index is 242. The number of ether oxygens (including phenoxy) is 1. The van der Waals surface area contributed by atoms with Gasteiger partial charge in [0, 0.05) is 12.3 Å². The van der Waals surface area contributed by atoms with Crippen molar-refractivity contribution in [3.8, 4) is 0 Å². The zero-order chi connectivity index (χ0) is 12.0. The third-order valence-corrected chi connectivity index (χ3v) is 3.25. The normalized spacial score (nSPS) is 18.1. The second-order valence-electron chi connectivity index (χ2n) is 4.93. The predicted octanol–water partition coefficient (Wildman–Crippen LogP) is 2.27. The van der Waals surface area contributed by atoms with Crippen molar-refractivity contribution in [2.75, 3.05) is 13.1 Å². The van der Waals surface area contributed by atoms with Gasteiger partial charge < -0.3 is 10.1 Å². The molecule has 0 saturated carbocycles. The first-order valence-electron chi connectivity index (χ1n) is 6.09. The molecule has 92 valence electrons. The molecule has 0 radical (unpaired) electrons. The molecule has 3 heteroatoms. The minimum atomic E-state index is -0.333.